The molecule has 0 fully saturated rings. The second-order valence-electron chi connectivity index (χ2n) is 5.01. The SMILES string of the molecule is CS(=O)(=O)c1ccc(NC(=O)c2cccnc2OCC(F)(F)F)cc1. The van der Waals surface area contributed by atoms with Crippen molar-refractivity contribution in [2.45, 2.75) is 11.1 Å². The Bertz CT molecular complexity index is 865. The monoisotopic (exact) mass is 374 g/mol. The summed E-state index contributed by atoms with van der Waals surface area (Å²) in [5.41, 5.74) is 0.0852. The fraction of sp³-hybridized carbons (Fsp3) is 0.200. The first-order valence-corrected chi connectivity index (χ1v) is 8.71. The van der Waals surface area contributed by atoms with E-state index >= 15 is 0 Å². The molecule has 25 heavy (non-hydrogen) atoms. The number of amides is 1. The molecule has 0 bridgehead atoms. The zero-order chi connectivity index (χ0) is 18.7. The number of aromatic nitrogens is 1. The normalized spacial score (nSPS) is 11.8. The summed E-state index contributed by atoms with van der Waals surface area (Å²) >= 11 is 0. The minimum atomic E-state index is -4.56. The van der Waals surface area contributed by atoms with Crippen LogP contribution in [0.2, 0.25) is 0 Å². The highest BCUT2D eigenvalue weighted by Crippen LogP contribution is 2.21. The second kappa shape index (κ2) is 7.09. The molecule has 1 aromatic heterocycles. The molecule has 1 aromatic carbocycles. The Morgan fingerprint density at radius 1 is 1.20 bits per heavy atom. The second-order valence-corrected chi connectivity index (χ2v) is 7.03. The Labute approximate surface area is 141 Å². The largest absolute Gasteiger partial charge is 0.467 e. The first kappa shape index (κ1) is 18.7. The van der Waals surface area contributed by atoms with Crippen molar-refractivity contribution >= 4 is 21.4 Å². The van der Waals surface area contributed by atoms with Crippen LogP contribution in [0.15, 0.2) is 47.5 Å². The van der Waals surface area contributed by atoms with Crippen molar-refractivity contribution in [1.29, 1.82) is 0 Å². The van der Waals surface area contributed by atoms with Gasteiger partial charge in [0.2, 0.25) is 5.88 Å². The summed E-state index contributed by atoms with van der Waals surface area (Å²) < 4.78 is 64.1. The van der Waals surface area contributed by atoms with Gasteiger partial charge < -0.3 is 10.1 Å². The predicted octanol–water partition coefficient (Wildman–Crippen LogP) is 2.68. The molecule has 1 N–H and O–H groups in total. The number of anilines is 1. The number of halogens is 3. The van der Waals surface area contributed by atoms with Gasteiger partial charge in [0, 0.05) is 18.1 Å². The van der Waals surface area contributed by atoms with Crippen molar-refractivity contribution in [2.75, 3.05) is 18.2 Å². The maximum absolute atomic E-state index is 12.3. The van der Waals surface area contributed by atoms with Gasteiger partial charge in [0.1, 0.15) is 5.56 Å². The van der Waals surface area contributed by atoms with E-state index in [-0.39, 0.29) is 16.1 Å². The Morgan fingerprint density at radius 2 is 1.84 bits per heavy atom. The van der Waals surface area contributed by atoms with Gasteiger partial charge in [-0.2, -0.15) is 13.2 Å². The molecule has 0 aliphatic rings. The third-order valence-corrected chi connectivity index (χ3v) is 4.06. The lowest BCUT2D eigenvalue weighted by atomic mass is 10.2. The quantitative estimate of drug-likeness (QED) is 0.870. The summed E-state index contributed by atoms with van der Waals surface area (Å²) in [5, 5.41) is 2.44. The summed E-state index contributed by atoms with van der Waals surface area (Å²) in [4.78, 5) is 15.9. The highest BCUT2D eigenvalue weighted by Gasteiger charge is 2.29. The van der Waals surface area contributed by atoms with Crippen LogP contribution >= 0.6 is 0 Å². The van der Waals surface area contributed by atoms with Crippen LogP contribution in [0.25, 0.3) is 0 Å². The van der Waals surface area contributed by atoms with Crippen molar-refractivity contribution < 1.29 is 31.1 Å². The lowest BCUT2D eigenvalue weighted by Gasteiger charge is -2.12. The number of carbonyl (C=O) groups excluding carboxylic acids is 1. The minimum Gasteiger partial charge on any atom is -0.467 e. The van der Waals surface area contributed by atoms with Gasteiger partial charge in [0.05, 0.1) is 4.90 Å². The lowest BCUT2D eigenvalue weighted by Crippen LogP contribution is -2.22. The number of pyridine rings is 1. The van der Waals surface area contributed by atoms with Crippen molar-refractivity contribution in [3.05, 3.63) is 48.2 Å². The predicted molar refractivity (Wildman–Crippen MR) is 83.3 cm³/mol. The number of hydrogen-bond acceptors (Lipinski definition) is 5. The molecule has 134 valence electrons. The number of nitrogens with one attached hydrogen (secondary N) is 1. The summed E-state index contributed by atoms with van der Waals surface area (Å²) in [6, 6.07) is 7.97. The molecule has 0 saturated heterocycles. The van der Waals surface area contributed by atoms with Crippen LogP contribution in [0.4, 0.5) is 18.9 Å². The van der Waals surface area contributed by atoms with E-state index in [1.807, 2.05) is 0 Å². The average molecular weight is 374 g/mol. The van der Waals surface area contributed by atoms with Crippen LogP contribution in [0.3, 0.4) is 0 Å². The Balaban J connectivity index is 2.16. The van der Waals surface area contributed by atoms with Gasteiger partial charge in [0.25, 0.3) is 5.91 Å². The minimum absolute atomic E-state index is 0.0704. The summed E-state index contributed by atoms with van der Waals surface area (Å²) in [6.45, 7) is -1.58. The molecule has 0 radical (unpaired) electrons. The van der Waals surface area contributed by atoms with Gasteiger partial charge in [-0.25, -0.2) is 13.4 Å². The molecule has 1 heterocycles. The van der Waals surface area contributed by atoms with Gasteiger partial charge in [-0.3, -0.25) is 4.79 Å². The van der Waals surface area contributed by atoms with Crippen LogP contribution in [-0.2, 0) is 9.84 Å². The molecule has 2 aromatic rings. The number of hydrogen-bond donors (Lipinski definition) is 1. The Kier molecular flexibility index (Phi) is 5.31. The van der Waals surface area contributed by atoms with Crippen molar-refractivity contribution in [2.24, 2.45) is 0 Å². The van der Waals surface area contributed by atoms with Gasteiger partial charge in [-0.15, -0.1) is 0 Å². The van der Waals surface area contributed by atoms with Crippen LogP contribution in [0.1, 0.15) is 10.4 Å². The van der Waals surface area contributed by atoms with Gasteiger partial charge in [-0.05, 0) is 36.4 Å². The molecule has 0 aliphatic heterocycles. The van der Waals surface area contributed by atoms with Crippen molar-refractivity contribution in [3.8, 4) is 5.88 Å². The fourth-order valence-electron chi connectivity index (χ4n) is 1.81. The maximum Gasteiger partial charge on any atom is 0.422 e. The van der Waals surface area contributed by atoms with E-state index in [1.165, 1.54) is 42.6 Å². The standard InChI is InChI=1S/C15H13F3N2O4S/c1-25(22,23)11-6-4-10(5-7-11)20-13(21)12-3-2-8-19-14(12)24-9-15(16,17)18/h2-8H,9H2,1H3,(H,20,21). The molecule has 6 nitrogen and oxygen atoms in total. The van der Waals surface area contributed by atoms with E-state index in [0.717, 1.165) is 6.26 Å². The van der Waals surface area contributed by atoms with Crippen molar-refractivity contribution in [1.82, 2.24) is 4.98 Å². The van der Waals surface area contributed by atoms with Gasteiger partial charge >= 0.3 is 6.18 Å². The van der Waals surface area contributed by atoms with E-state index < -0.39 is 34.4 Å². The number of rotatable bonds is 5. The highest BCUT2D eigenvalue weighted by atomic mass is 32.2. The smallest absolute Gasteiger partial charge is 0.422 e. The topological polar surface area (TPSA) is 85.4 Å². The molecule has 1 amide bonds. The highest BCUT2D eigenvalue weighted by molar-refractivity contribution is 7.90. The van der Waals surface area contributed by atoms with E-state index in [2.05, 4.69) is 15.0 Å². The molecular weight excluding hydrogens is 361 g/mol. The molecular formula is C15H13F3N2O4S. The number of nitrogens with zero attached hydrogens (tertiary/aromatic N) is 1. The summed E-state index contributed by atoms with van der Waals surface area (Å²) in [7, 11) is -3.38. The molecule has 10 heteroatoms. The zero-order valence-corrected chi connectivity index (χ0v) is 13.7. The van der Waals surface area contributed by atoms with E-state index in [1.54, 1.807) is 0 Å². The lowest BCUT2D eigenvalue weighted by molar-refractivity contribution is -0.154. The fourth-order valence-corrected chi connectivity index (χ4v) is 2.44. The van der Waals surface area contributed by atoms with Gasteiger partial charge in [0.15, 0.2) is 16.4 Å². The van der Waals surface area contributed by atoms with Gasteiger partial charge in [-0.1, -0.05) is 0 Å². The van der Waals surface area contributed by atoms with E-state index in [4.69, 9.17) is 0 Å². The van der Waals surface area contributed by atoms with Crippen LogP contribution in [-0.4, -0.2) is 38.3 Å². The third kappa shape index (κ3) is 5.45. The zero-order valence-electron chi connectivity index (χ0n) is 12.9. The Morgan fingerprint density at radius 3 is 2.40 bits per heavy atom. The van der Waals surface area contributed by atoms with Crippen molar-refractivity contribution in [3.63, 3.8) is 0 Å². The number of sulfone groups is 1. The molecule has 0 aliphatic carbocycles. The Hall–Kier alpha value is -2.62. The molecule has 2 rings (SSSR count). The van der Waals surface area contributed by atoms with Crippen LogP contribution < -0.4 is 10.1 Å². The maximum atomic E-state index is 12.3. The molecule has 0 unspecified atom stereocenters. The molecule has 0 spiro atoms. The third-order valence-electron chi connectivity index (χ3n) is 2.93. The molecule has 0 saturated carbocycles. The van der Waals surface area contributed by atoms with Crippen LogP contribution in [0.5, 0.6) is 5.88 Å². The van der Waals surface area contributed by atoms with E-state index in [9.17, 15) is 26.4 Å². The van der Waals surface area contributed by atoms with E-state index in [0.29, 0.717) is 0 Å². The number of alkyl halides is 3. The number of carbonyl (C=O) groups is 1. The number of ether oxygens (including phenoxy) is 1. The average Bonchev–Trinajstić information content (AvgIpc) is 2.52. The first-order chi connectivity index (χ1) is 11.6. The first-order valence-electron chi connectivity index (χ1n) is 6.82. The molecule has 0 atom stereocenters. The summed E-state index contributed by atoms with van der Waals surface area (Å²) in [6.07, 6.45) is -2.32. The number of benzene rings is 1. The summed E-state index contributed by atoms with van der Waals surface area (Å²) in [5.74, 6) is -1.19. The van der Waals surface area contributed by atoms with Crippen LogP contribution in [0, 0.1) is 0 Å².